The van der Waals surface area contributed by atoms with Crippen molar-refractivity contribution in [1.82, 2.24) is 5.32 Å². The number of nitrogens with one attached hydrogen (secondary N) is 1. The first kappa shape index (κ1) is 25.5. The van der Waals surface area contributed by atoms with Gasteiger partial charge in [0.1, 0.15) is 6.29 Å². The van der Waals surface area contributed by atoms with E-state index in [1.807, 2.05) is 20.9 Å². The number of ether oxygens (including phenoxy) is 2. The lowest BCUT2D eigenvalue weighted by atomic mass is 10.1. The molecule has 0 aliphatic rings. The van der Waals surface area contributed by atoms with E-state index in [0.717, 1.165) is 38.2 Å². The lowest BCUT2D eigenvalue weighted by Gasteiger charge is -2.03. The van der Waals surface area contributed by atoms with Crippen molar-refractivity contribution in [3.8, 4) is 0 Å². The number of carbonyl (C=O) groups is 1. The number of carbonyl (C=O) groups excluding carboxylic acids is 1. The fraction of sp³-hybridized carbons (Fsp3) is 0.941. The SMILES string of the molecule is CC.CCCCOCCOCCC=O.CNCCC(C)C. The molecule has 4 heteroatoms. The molecule has 0 amide bonds. The summed E-state index contributed by atoms with van der Waals surface area (Å²) < 4.78 is 10.3. The van der Waals surface area contributed by atoms with E-state index in [0.29, 0.717) is 26.2 Å². The van der Waals surface area contributed by atoms with Gasteiger partial charge >= 0.3 is 0 Å². The van der Waals surface area contributed by atoms with Crippen LogP contribution in [0.1, 0.15) is 60.3 Å². The van der Waals surface area contributed by atoms with Crippen molar-refractivity contribution in [1.29, 1.82) is 0 Å². The zero-order valence-electron chi connectivity index (χ0n) is 15.2. The Hall–Kier alpha value is -0.450. The van der Waals surface area contributed by atoms with Crippen LogP contribution in [-0.4, -0.2) is 46.3 Å². The summed E-state index contributed by atoms with van der Waals surface area (Å²) in [6.45, 7) is 14.3. The number of hydrogen-bond donors (Lipinski definition) is 1. The Morgan fingerprint density at radius 2 is 1.62 bits per heavy atom. The van der Waals surface area contributed by atoms with Crippen LogP contribution in [0.4, 0.5) is 0 Å². The quantitative estimate of drug-likeness (QED) is 0.441. The van der Waals surface area contributed by atoms with Gasteiger partial charge in [0.25, 0.3) is 0 Å². The summed E-state index contributed by atoms with van der Waals surface area (Å²) in [7, 11) is 1.99. The molecule has 0 rings (SSSR count). The van der Waals surface area contributed by atoms with Crippen LogP contribution in [0.3, 0.4) is 0 Å². The van der Waals surface area contributed by atoms with E-state index >= 15 is 0 Å². The van der Waals surface area contributed by atoms with E-state index < -0.39 is 0 Å². The van der Waals surface area contributed by atoms with Crippen molar-refractivity contribution in [2.24, 2.45) is 5.92 Å². The van der Waals surface area contributed by atoms with Crippen molar-refractivity contribution in [3.63, 3.8) is 0 Å². The van der Waals surface area contributed by atoms with E-state index in [1.54, 1.807) is 0 Å². The van der Waals surface area contributed by atoms with Gasteiger partial charge in [0.05, 0.1) is 19.8 Å². The number of aldehydes is 1. The van der Waals surface area contributed by atoms with Crippen molar-refractivity contribution in [2.75, 3.05) is 40.0 Å². The zero-order valence-corrected chi connectivity index (χ0v) is 15.2. The Bertz CT molecular complexity index is 164. The van der Waals surface area contributed by atoms with E-state index in [2.05, 4.69) is 26.1 Å². The average molecular weight is 306 g/mol. The van der Waals surface area contributed by atoms with E-state index in [1.165, 1.54) is 6.42 Å². The molecule has 0 atom stereocenters. The molecular weight excluding hydrogens is 266 g/mol. The van der Waals surface area contributed by atoms with Crippen LogP contribution in [0.15, 0.2) is 0 Å². The molecule has 0 spiro atoms. The molecule has 0 aromatic heterocycles. The highest BCUT2D eigenvalue weighted by molar-refractivity contribution is 5.49. The fourth-order valence-corrected chi connectivity index (χ4v) is 1.13. The van der Waals surface area contributed by atoms with Gasteiger partial charge in [0.2, 0.25) is 0 Å². The Kier molecular flexibility index (Phi) is 33.8. The van der Waals surface area contributed by atoms with Crippen LogP contribution in [0.2, 0.25) is 0 Å². The predicted octanol–water partition coefficient (Wildman–Crippen LogP) is 3.69. The zero-order chi connectivity index (χ0) is 16.8. The van der Waals surface area contributed by atoms with Crippen LogP contribution >= 0.6 is 0 Å². The second-order valence-electron chi connectivity index (χ2n) is 4.82. The molecule has 0 saturated carbocycles. The second kappa shape index (κ2) is 27.8. The van der Waals surface area contributed by atoms with Crippen molar-refractivity contribution < 1.29 is 14.3 Å². The summed E-state index contributed by atoms with van der Waals surface area (Å²) in [6, 6.07) is 0. The molecule has 0 heterocycles. The van der Waals surface area contributed by atoms with Gasteiger partial charge < -0.3 is 19.6 Å². The third-order valence-electron chi connectivity index (χ3n) is 2.37. The van der Waals surface area contributed by atoms with Gasteiger partial charge in [-0.05, 0) is 32.4 Å². The van der Waals surface area contributed by atoms with E-state index in [-0.39, 0.29) is 0 Å². The van der Waals surface area contributed by atoms with E-state index in [4.69, 9.17) is 9.47 Å². The molecule has 0 aliphatic heterocycles. The summed E-state index contributed by atoms with van der Waals surface area (Å²) in [5.41, 5.74) is 0. The molecule has 4 nitrogen and oxygen atoms in total. The smallest absolute Gasteiger partial charge is 0.122 e. The topological polar surface area (TPSA) is 47.6 Å². The molecule has 0 bridgehead atoms. The van der Waals surface area contributed by atoms with Crippen LogP contribution < -0.4 is 5.32 Å². The van der Waals surface area contributed by atoms with Crippen molar-refractivity contribution in [3.05, 3.63) is 0 Å². The Morgan fingerprint density at radius 1 is 1.05 bits per heavy atom. The summed E-state index contributed by atoms with van der Waals surface area (Å²) in [5, 5.41) is 3.10. The molecule has 0 saturated heterocycles. The van der Waals surface area contributed by atoms with Gasteiger partial charge in [0, 0.05) is 13.0 Å². The largest absolute Gasteiger partial charge is 0.379 e. The van der Waals surface area contributed by atoms with Crippen molar-refractivity contribution in [2.45, 2.75) is 60.3 Å². The molecule has 21 heavy (non-hydrogen) atoms. The summed E-state index contributed by atoms with van der Waals surface area (Å²) in [4.78, 5) is 9.87. The third-order valence-corrected chi connectivity index (χ3v) is 2.37. The Morgan fingerprint density at radius 3 is 2.00 bits per heavy atom. The van der Waals surface area contributed by atoms with Gasteiger partial charge in [-0.25, -0.2) is 0 Å². The maximum atomic E-state index is 9.87. The molecule has 0 radical (unpaired) electrons. The fourth-order valence-electron chi connectivity index (χ4n) is 1.13. The molecule has 130 valence electrons. The minimum absolute atomic E-state index is 0.481. The van der Waals surface area contributed by atoms with E-state index in [9.17, 15) is 4.79 Å². The number of rotatable bonds is 12. The normalized spacial score (nSPS) is 9.48. The van der Waals surface area contributed by atoms with Crippen LogP contribution in [0, 0.1) is 5.92 Å². The van der Waals surface area contributed by atoms with Crippen LogP contribution in [0.5, 0.6) is 0 Å². The van der Waals surface area contributed by atoms with Crippen molar-refractivity contribution >= 4 is 6.29 Å². The molecule has 0 unspecified atom stereocenters. The molecule has 0 fully saturated rings. The highest BCUT2D eigenvalue weighted by atomic mass is 16.5. The van der Waals surface area contributed by atoms with Gasteiger partial charge in [-0.15, -0.1) is 0 Å². The minimum Gasteiger partial charge on any atom is -0.379 e. The Balaban J connectivity index is -0.000000307. The third kappa shape index (κ3) is 38.2. The van der Waals surface area contributed by atoms with Gasteiger partial charge in [-0.3, -0.25) is 0 Å². The standard InChI is InChI=1S/C9H18O3.C6H15N.C2H6/c1-2-3-6-11-8-9-12-7-4-5-10;1-6(2)4-5-7-3;1-2/h5H,2-4,6-9H2,1H3;6-7H,4-5H2,1-3H3;1-2H3. The lowest BCUT2D eigenvalue weighted by molar-refractivity contribution is -0.108. The summed E-state index contributed by atoms with van der Waals surface area (Å²) in [6.07, 6.45) is 4.89. The van der Waals surface area contributed by atoms with Crippen LogP contribution in [0.25, 0.3) is 0 Å². The Labute approximate surface area is 133 Å². The molecule has 0 aromatic rings. The van der Waals surface area contributed by atoms with Gasteiger partial charge in [-0.2, -0.15) is 0 Å². The molecule has 1 N–H and O–H groups in total. The van der Waals surface area contributed by atoms with Gasteiger partial charge in [0.15, 0.2) is 0 Å². The average Bonchev–Trinajstić information content (AvgIpc) is 2.50. The first-order chi connectivity index (χ1) is 10.2. The monoisotopic (exact) mass is 305 g/mol. The van der Waals surface area contributed by atoms with Crippen LogP contribution in [-0.2, 0) is 14.3 Å². The summed E-state index contributed by atoms with van der Waals surface area (Å²) >= 11 is 0. The number of hydrogen-bond acceptors (Lipinski definition) is 4. The first-order valence-corrected chi connectivity index (χ1v) is 8.42. The number of unbranched alkanes of at least 4 members (excludes halogenated alkanes) is 1. The van der Waals surface area contributed by atoms with Gasteiger partial charge in [-0.1, -0.05) is 41.0 Å². The lowest BCUT2D eigenvalue weighted by Crippen LogP contribution is -2.09. The molecule has 0 aliphatic carbocycles. The predicted molar refractivity (Wildman–Crippen MR) is 92.0 cm³/mol. The summed E-state index contributed by atoms with van der Waals surface area (Å²) in [5.74, 6) is 0.840. The second-order valence-corrected chi connectivity index (χ2v) is 4.82. The first-order valence-electron chi connectivity index (χ1n) is 8.42. The highest BCUT2D eigenvalue weighted by Gasteiger charge is 1.89. The maximum absolute atomic E-state index is 9.87. The molecular formula is C17H39NO3. The highest BCUT2D eigenvalue weighted by Crippen LogP contribution is 1.95. The molecule has 0 aromatic carbocycles. The minimum atomic E-state index is 0.481. The maximum Gasteiger partial charge on any atom is 0.122 e.